The summed E-state index contributed by atoms with van der Waals surface area (Å²) in [5.74, 6) is -0.366. The van der Waals surface area contributed by atoms with Crippen molar-refractivity contribution in [3.05, 3.63) is 65.7 Å². The van der Waals surface area contributed by atoms with Crippen molar-refractivity contribution in [2.45, 2.75) is 26.3 Å². The minimum absolute atomic E-state index is 0.181. The van der Waals surface area contributed by atoms with Gasteiger partial charge >= 0.3 is 0 Å². The lowest BCUT2D eigenvalue weighted by molar-refractivity contribution is 0.0607. The zero-order chi connectivity index (χ0) is 17.4. The van der Waals surface area contributed by atoms with Crippen LogP contribution in [-0.2, 0) is 6.54 Å². The molecule has 2 amide bonds. The minimum Gasteiger partial charge on any atom is -0.337 e. The van der Waals surface area contributed by atoms with E-state index in [9.17, 15) is 9.59 Å². The first-order chi connectivity index (χ1) is 12.1. The number of aromatic nitrogens is 2. The second kappa shape index (κ2) is 6.16. The van der Waals surface area contributed by atoms with Gasteiger partial charge in [0.1, 0.15) is 0 Å². The highest BCUT2D eigenvalue weighted by Gasteiger charge is 2.32. The number of aryl methyl sites for hydroxylation is 2. The molecule has 1 aromatic heterocycles. The minimum atomic E-state index is -0.186. The van der Waals surface area contributed by atoms with Crippen LogP contribution in [0.4, 0.5) is 0 Å². The molecule has 0 unspecified atom stereocenters. The molecule has 126 valence electrons. The molecule has 1 aliphatic rings. The molecule has 1 aliphatic heterocycles. The van der Waals surface area contributed by atoms with Crippen LogP contribution in [0.2, 0.25) is 0 Å². The van der Waals surface area contributed by atoms with Crippen molar-refractivity contribution in [3.63, 3.8) is 0 Å². The predicted molar refractivity (Wildman–Crippen MR) is 95.5 cm³/mol. The van der Waals surface area contributed by atoms with E-state index in [1.54, 1.807) is 12.5 Å². The highest BCUT2D eigenvalue weighted by atomic mass is 16.2. The summed E-state index contributed by atoms with van der Waals surface area (Å²) in [4.78, 5) is 31.1. The van der Waals surface area contributed by atoms with E-state index >= 15 is 0 Å². The lowest BCUT2D eigenvalue weighted by Gasteiger charge is -2.27. The number of hydrogen-bond donors (Lipinski definition) is 0. The Morgan fingerprint density at radius 3 is 2.60 bits per heavy atom. The summed E-state index contributed by atoms with van der Waals surface area (Å²) in [5, 5.41) is 1.74. The molecular formula is C20H19N3O2. The van der Waals surface area contributed by atoms with Crippen LogP contribution in [0.25, 0.3) is 10.8 Å². The van der Waals surface area contributed by atoms with Crippen LogP contribution in [0.3, 0.4) is 0 Å². The summed E-state index contributed by atoms with van der Waals surface area (Å²) in [6.07, 6.45) is 7.09. The van der Waals surface area contributed by atoms with Crippen LogP contribution in [0, 0.1) is 6.92 Å². The second-order valence-corrected chi connectivity index (χ2v) is 6.49. The molecule has 0 radical (unpaired) electrons. The third-order valence-corrected chi connectivity index (χ3v) is 4.68. The topological polar surface area (TPSA) is 55.2 Å². The van der Waals surface area contributed by atoms with E-state index in [0.29, 0.717) is 17.7 Å². The number of amides is 2. The van der Waals surface area contributed by atoms with Crippen LogP contribution >= 0.6 is 0 Å². The Bertz CT molecular complexity index is 960. The summed E-state index contributed by atoms with van der Waals surface area (Å²) in [6, 6.07) is 9.56. The molecule has 3 aromatic rings. The molecule has 2 aromatic carbocycles. The Labute approximate surface area is 145 Å². The van der Waals surface area contributed by atoms with Gasteiger partial charge < -0.3 is 4.57 Å². The number of unbranched alkanes of at least 4 members (excludes halogenated alkanes) is 1. The molecule has 0 fully saturated rings. The molecule has 2 heterocycles. The number of benzene rings is 2. The fraction of sp³-hybridized carbons (Fsp3) is 0.250. The molecule has 5 nitrogen and oxygen atoms in total. The first-order valence-electron chi connectivity index (χ1n) is 8.50. The van der Waals surface area contributed by atoms with Gasteiger partial charge in [-0.2, -0.15) is 0 Å². The number of imidazole rings is 1. The molecule has 0 bridgehead atoms. The maximum Gasteiger partial charge on any atom is 0.261 e. The van der Waals surface area contributed by atoms with Crippen molar-refractivity contribution in [2.75, 3.05) is 6.54 Å². The molecule has 4 rings (SSSR count). The summed E-state index contributed by atoms with van der Waals surface area (Å²) >= 11 is 0. The monoisotopic (exact) mass is 333 g/mol. The lowest BCUT2D eigenvalue weighted by atomic mass is 9.92. The molecule has 0 atom stereocenters. The van der Waals surface area contributed by atoms with Gasteiger partial charge in [0.25, 0.3) is 11.8 Å². The third kappa shape index (κ3) is 2.71. The lowest BCUT2D eigenvalue weighted by Crippen LogP contribution is -2.41. The largest absolute Gasteiger partial charge is 0.337 e. The van der Waals surface area contributed by atoms with Crippen molar-refractivity contribution in [2.24, 2.45) is 0 Å². The van der Waals surface area contributed by atoms with Crippen LogP contribution in [0.5, 0.6) is 0 Å². The average molecular weight is 333 g/mol. The fourth-order valence-corrected chi connectivity index (χ4v) is 3.49. The zero-order valence-electron chi connectivity index (χ0n) is 14.1. The third-order valence-electron chi connectivity index (χ3n) is 4.68. The van der Waals surface area contributed by atoms with Gasteiger partial charge in [0, 0.05) is 42.0 Å². The Morgan fingerprint density at radius 1 is 1.00 bits per heavy atom. The first kappa shape index (κ1) is 15.6. The van der Waals surface area contributed by atoms with Crippen LogP contribution in [0.1, 0.15) is 39.1 Å². The van der Waals surface area contributed by atoms with Crippen molar-refractivity contribution in [1.29, 1.82) is 0 Å². The Balaban J connectivity index is 1.57. The van der Waals surface area contributed by atoms with Gasteiger partial charge in [-0.3, -0.25) is 14.5 Å². The van der Waals surface area contributed by atoms with Crippen LogP contribution in [-0.4, -0.2) is 32.8 Å². The Hall–Kier alpha value is -2.95. The summed E-state index contributed by atoms with van der Waals surface area (Å²) in [5.41, 5.74) is 2.30. The molecule has 0 aliphatic carbocycles. The number of hydrogen-bond acceptors (Lipinski definition) is 3. The van der Waals surface area contributed by atoms with E-state index in [0.717, 1.165) is 35.7 Å². The maximum atomic E-state index is 12.9. The quantitative estimate of drug-likeness (QED) is 0.531. The summed E-state index contributed by atoms with van der Waals surface area (Å²) in [6.45, 7) is 3.25. The number of nitrogens with zero attached hydrogens (tertiary/aromatic N) is 3. The second-order valence-electron chi connectivity index (χ2n) is 6.49. The highest BCUT2D eigenvalue weighted by molar-refractivity contribution is 6.25. The van der Waals surface area contributed by atoms with E-state index in [4.69, 9.17) is 0 Å². The Morgan fingerprint density at radius 2 is 1.80 bits per heavy atom. The van der Waals surface area contributed by atoms with E-state index in [2.05, 4.69) is 4.98 Å². The average Bonchev–Trinajstić information content (AvgIpc) is 3.12. The van der Waals surface area contributed by atoms with Gasteiger partial charge in [-0.25, -0.2) is 4.98 Å². The van der Waals surface area contributed by atoms with Gasteiger partial charge in [0.15, 0.2) is 0 Å². The molecule has 25 heavy (non-hydrogen) atoms. The SMILES string of the molecule is Cc1cc2c3c(cccc3c1)C(=O)N(CCCCn1ccnc1)C2=O. The maximum absolute atomic E-state index is 12.9. The number of rotatable bonds is 5. The normalized spacial score (nSPS) is 13.7. The van der Waals surface area contributed by atoms with E-state index < -0.39 is 0 Å². The van der Waals surface area contributed by atoms with Gasteiger partial charge in [0.05, 0.1) is 6.33 Å². The van der Waals surface area contributed by atoms with E-state index in [-0.39, 0.29) is 11.8 Å². The molecule has 0 spiro atoms. The van der Waals surface area contributed by atoms with E-state index in [1.165, 1.54) is 4.90 Å². The highest BCUT2D eigenvalue weighted by Crippen LogP contribution is 2.31. The van der Waals surface area contributed by atoms with Crippen molar-refractivity contribution < 1.29 is 9.59 Å². The van der Waals surface area contributed by atoms with Gasteiger partial charge in [-0.15, -0.1) is 0 Å². The number of imide groups is 1. The van der Waals surface area contributed by atoms with Gasteiger partial charge in [-0.05, 0) is 42.8 Å². The zero-order valence-corrected chi connectivity index (χ0v) is 14.1. The Kier molecular flexibility index (Phi) is 3.84. The van der Waals surface area contributed by atoms with Crippen molar-refractivity contribution in [1.82, 2.24) is 14.5 Å². The molecular weight excluding hydrogens is 314 g/mol. The number of carbonyl (C=O) groups is 2. The molecule has 0 saturated heterocycles. The van der Waals surface area contributed by atoms with Crippen molar-refractivity contribution >= 4 is 22.6 Å². The van der Waals surface area contributed by atoms with Crippen molar-refractivity contribution in [3.8, 4) is 0 Å². The smallest absolute Gasteiger partial charge is 0.261 e. The standard InChI is InChI=1S/C20H19N3O2/c1-14-11-15-5-4-6-16-18(15)17(12-14)20(25)23(19(16)24)9-3-2-8-22-10-7-21-13-22/h4-7,10-13H,2-3,8-9H2,1H3. The first-order valence-corrected chi connectivity index (χ1v) is 8.50. The van der Waals surface area contributed by atoms with Gasteiger partial charge in [0.2, 0.25) is 0 Å². The molecule has 0 N–H and O–H groups in total. The predicted octanol–water partition coefficient (Wildman–Crippen LogP) is 3.42. The van der Waals surface area contributed by atoms with Crippen LogP contribution < -0.4 is 0 Å². The number of carbonyl (C=O) groups excluding carboxylic acids is 2. The van der Waals surface area contributed by atoms with Gasteiger partial charge in [-0.1, -0.05) is 18.2 Å². The van der Waals surface area contributed by atoms with Crippen LogP contribution in [0.15, 0.2) is 49.1 Å². The fourth-order valence-electron chi connectivity index (χ4n) is 3.49. The summed E-state index contributed by atoms with van der Waals surface area (Å²) < 4.78 is 2.00. The van der Waals surface area contributed by atoms with E-state index in [1.807, 2.05) is 48.0 Å². The molecule has 5 heteroatoms. The summed E-state index contributed by atoms with van der Waals surface area (Å²) in [7, 11) is 0. The molecule has 0 saturated carbocycles.